The van der Waals surface area contributed by atoms with E-state index < -0.39 is 101 Å². The number of carbonyl (C=O) groups is 10. The summed E-state index contributed by atoms with van der Waals surface area (Å²) in [5, 5.41) is 19.5. The highest BCUT2D eigenvalue weighted by atomic mass is 16.6. The number of fused-ring (bicyclic) bond motifs is 2. The molecule has 5 rings (SSSR count). The summed E-state index contributed by atoms with van der Waals surface area (Å²) in [5.74, 6) is -3.14. The first-order valence-electron chi connectivity index (χ1n) is 28.6. The molecule has 0 radical (unpaired) electrons. The molecule has 2 heterocycles. The number of nitrogens with two attached hydrogens (primary N) is 1. The molecule has 3 saturated carbocycles. The minimum Gasteiger partial charge on any atom is -0.467 e. The Hall–Kier alpha value is -5.90. The maximum absolute atomic E-state index is 14.2. The van der Waals surface area contributed by atoms with Crippen LogP contribution in [-0.4, -0.2) is 157 Å². The summed E-state index contributed by atoms with van der Waals surface area (Å²) in [7, 11) is 1.33. The van der Waals surface area contributed by atoms with Gasteiger partial charge < -0.3 is 67.0 Å². The second kappa shape index (κ2) is 26.3. The molecule has 3 aliphatic carbocycles. The lowest BCUT2D eigenvalue weighted by molar-refractivity contribution is -0.154. The molecule has 11 atom stereocenters. The molecule has 2 saturated heterocycles. The number of urea groups is 2. The van der Waals surface area contributed by atoms with Crippen LogP contribution in [0, 0.1) is 63.1 Å². The number of nitrogens with zero attached hydrogens (tertiary/aromatic N) is 2. The average molecular weight is 1130 g/mol. The van der Waals surface area contributed by atoms with Crippen LogP contribution in [0.3, 0.4) is 0 Å². The van der Waals surface area contributed by atoms with Crippen LogP contribution in [0.1, 0.15) is 150 Å². The van der Waals surface area contributed by atoms with E-state index in [0.717, 1.165) is 19.3 Å². The third-order valence-electron chi connectivity index (χ3n) is 17.0. The predicted octanol–water partition coefficient (Wildman–Crippen LogP) is 4.59. The van der Waals surface area contributed by atoms with Gasteiger partial charge in [-0.3, -0.25) is 24.0 Å². The van der Waals surface area contributed by atoms with Crippen molar-refractivity contribution in [3.05, 3.63) is 0 Å². The summed E-state index contributed by atoms with van der Waals surface area (Å²) >= 11 is 0. The lowest BCUT2D eigenvalue weighted by Gasteiger charge is -2.38. The molecule has 454 valence electrons. The second-order valence-electron chi connectivity index (χ2n) is 27.3. The molecule has 5 fully saturated rings. The van der Waals surface area contributed by atoms with E-state index in [1.54, 1.807) is 32.6 Å². The van der Waals surface area contributed by atoms with Gasteiger partial charge in [0.1, 0.15) is 24.2 Å². The summed E-state index contributed by atoms with van der Waals surface area (Å²) in [5.41, 5.74) is 3.78. The van der Waals surface area contributed by atoms with Crippen LogP contribution in [0.15, 0.2) is 0 Å². The number of methoxy groups -OCH3 is 1. The fourth-order valence-electron chi connectivity index (χ4n) is 11.6. The van der Waals surface area contributed by atoms with Crippen LogP contribution >= 0.6 is 0 Å². The van der Waals surface area contributed by atoms with E-state index in [-0.39, 0.29) is 89.5 Å². The first kappa shape index (κ1) is 66.6. The Morgan fingerprint density at radius 3 is 1.30 bits per heavy atom. The van der Waals surface area contributed by atoms with Crippen LogP contribution in [0.5, 0.6) is 0 Å². The van der Waals surface area contributed by atoms with Crippen LogP contribution in [0.25, 0.3) is 0 Å². The Kier molecular flexibility index (Phi) is 21.9. The summed E-state index contributed by atoms with van der Waals surface area (Å²) < 4.78 is 15.2. The van der Waals surface area contributed by atoms with Gasteiger partial charge in [0, 0.05) is 32.1 Å². The van der Waals surface area contributed by atoms with E-state index >= 15 is 0 Å². The Bertz CT molecular complexity index is 2290. The van der Waals surface area contributed by atoms with Gasteiger partial charge in [0.2, 0.25) is 23.5 Å². The maximum Gasteiger partial charge on any atom is 0.407 e. The summed E-state index contributed by atoms with van der Waals surface area (Å²) in [4.78, 5) is 132. The number of alkyl carbamates (subject to hydrolysis) is 2. The van der Waals surface area contributed by atoms with Gasteiger partial charge in [0.25, 0.3) is 5.91 Å². The number of ether oxygens (including phenoxy) is 3. The fourth-order valence-corrected chi connectivity index (χ4v) is 11.6. The maximum atomic E-state index is 14.2. The first-order valence-corrected chi connectivity index (χ1v) is 28.6. The number of primary amides is 1. The van der Waals surface area contributed by atoms with Crippen molar-refractivity contribution < 1.29 is 62.2 Å². The standard InChI is InChI=1S/C32H54N6O7.C25H44N4O6/c1-16(2)21(14-34-30(44)45-17(3)4)36-29(43)37-25(31(5,6)7)28(42)38-15-19-22(32(19,8)9)23(38)27(41)35-20(24(39)26(33)40)13-18-11-10-12-18;1-13(2)16(11-26-23(33)35-14(3)4)27-22(32)28-19(24(5,6)7)20(30)29-12-15-17(25(15,8)9)18(29)21(31)34-10/h16-23,25H,10-15H2,1-9H3,(H2,33,40)(H,34,44)(H,35,41)(H2,36,37,43);13-19H,11-12H2,1-10H3,(H,26,33)(H2,27,28,32)/t19-,20?,21+,22-,23-,25+;15-,16+,17-,18-,19+/m00/s1. The Labute approximate surface area is 474 Å². The molecule has 10 amide bonds. The summed E-state index contributed by atoms with van der Waals surface area (Å²) in [6, 6.07) is -6.34. The molecule has 1 unspecified atom stereocenters. The number of amides is 10. The van der Waals surface area contributed by atoms with Crippen LogP contribution < -0.4 is 43.0 Å². The highest BCUT2D eigenvalue weighted by molar-refractivity contribution is 6.37. The Morgan fingerprint density at radius 1 is 0.588 bits per heavy atom. The van der Waals surface area contributed by atoms with Gasteiger partial charge in [-0.1, -0.05) is 116 Å². The normalized spacial score (nSPS) is 24.2. The van der Waals surface area contributed by atoms with Crippen molar-refractivity contribution in [2.75, 3.05) is 33.3 Å². The minimum atomic E-state index is -1.10. The van der Waals surface area contributed by atoms with Gasteiger partial charge >= 0.3 is 30.2 Å². The number of esters is 1. The zero-order chi connectivity index (χ0) is 60.9. The van der Waals surface area contributed by atoms with Gasteiger partial charge in [0.05, 0.1) is 37.4 Å². The molecule has 0 aromatic rings. The Morgan fingerprint density at radius 2 is 0.975 bits per heavy atom. The monoisotopic (exact) mass is 1130 g/mol. The van der Waals surface area contributed by atoms with Crippen molar-refractivity contribution in [1.29, 1.82) is 0 Å². The molecule has 0 aromatic carbocycles. The number of carbonyl (C=O) groups excluding carboxylic acids is 10. The van der Waals surface area contributed by atoms with Crippen molar-refractivity contribution in [1.82, 2.24) is 47.0 Å². The minimum absolute atomic E-state index is 0.0144. The lowest BCUT2D eigenvalue weighted by atomic mass is 9.80. The van der Waals surface area contributed by atoms with Gasteiger partial charge in [-0.2, -0.15) is 0 Å². The number of hydrogen-bond donors (Lipinski definition) is 8. The number of rotatable bonds is 21. The quantitative estimate of drug-likeness (QED) is 0.0444. The van der Waals surface area contributed by atoms with E-state index in [0.29, 0.717) is 19.5 Å². The van der Waals surface area contributed by atoms with Gasteiger partial charge in [-0.25, -0.2) is 24.0 Å². The molecule has 2 aliphatic heterocycles. The molecular weight excluding hydrogens is 1030 g/mol. The molecule has 9 N–H and O–H groups in total. The smallest absolute Gasteiger partial charge is 0.407 e. The SMILES string of the molecule is CC(C)OC(=O)NC[C@@H](NC(=O)N[C@H](C(=O)N1C[C@H]2[C@@H]([C@H]1C(=O)NC(CC1CCC1)C(=O)C(N)=O)C2(C)C)C(C)(C)C)C(C)C.COC(=O)[C@@H]1[C@@H]2[C@H](CN1C(=O)[C@@H](NC(=O)N[C@H](CNC(=O)OC(C)C)C(C)C)C(C)(C)C)C2(C)C. The molecule has 0 bridgehead atoms. The van der Waals surface area contributed by atoms with Crippen LogP contribution in [0.4, 0.5) is 19.2 Å². The van der Waals surface area contributed by atoms with Crippen LogP contribution in [-0.2, 0) is 43.0 Å². The average Bonchev–Trinajstić information content (AvgIpc) is 3.76. The highest BCUT2D eigenvalue weighted by Gasteiger charge is 2.71. The molecule has 23 heteroatoms. The van der Waals surface area contributed by atoms with E-state index in [4.69, 9.17) is 19.9 Å². The third-order valence-corrected chi connectivity index (χ3v) is 17.0. The van der Waals surface area contributed by atoms with Crippen molar-refractivity contribution >= 4 is 59.6 Å². The van der Waals surface area contributed by atoms with Gasteiger partial charge in [0.15, 0.2) is 0 Å². The number of likely N-dealkylation sites (tertiary alicyclic amines) is 2. The second-order valence-corrected chi connectivity index (χ2v) is 27.3. The predicted molar refractivity (Wildman–Crippen MR) is 299 cm³/mol. The summed E-state index contributed by atoms with van der Waals surface area (Å²) in [6.07, 6.45) is 1.52. The third kappa shape index (κ3) is 16.6. The van der Waals surface area contributed by atoms with Gasteiger partial charge in [-0.15, -0.1) is 0 Å². The lowest BCUT2D eigenvalue weighted by Crippen LogP contribution is -2.62. The molecule has 5 aliphatic rings. The number of hydrogen-bond acceptors (Lipinski definition) is 13. The van der Waals surface area contributed by atoms with E-state index in [1.807, 2.05) is 69.2 Å². The van der Waals surface area contributed by atoms with Gasteiger partial charge in [-0.05, 0) is 91.3 Å². The molecule has 23 nitrogen and oxygen atoms in total. The van der Waals surface area contributed by atoms with E-state index in [1.165, 1.54) is 12.0 Å². The zero-order valence-electron chi connectivity index (χ0n) is 51.2. The van der Waals surface area contributed by atoms with Crippen molar-refractivity contribution in [2.45, 2.75) is 205 Å². The van der Waals surface area contributed by atoms with Crippen molar-refractivity contribution in [3.8, 4) is 0 Å². The largest absolute Gasteiger partial charge is 0.467 e. The van der Waals surface area contributed by atoms with E-state index in [9.17, 15) is 47.9 Å². The first-order chi connectivity index (χ1) is 36.8. The number of Topliss-reactive ketones (excluding diaryl/α,β-unsaturated/α-hetero) is 1. The Balaban J connectivity index is 0.000000356. The number of piperidine rings is 2. The highest BCUT2D eigenvalue weighted by Crippen LogP contribution is 2.66. The molecule has 0 spiro atoms. The topological polar surface area (TPSA) is 315 Å². The zero-order valence-corrected chi connectivity index (χ0v) is 51.2. The van der Waals surface area contributed by atoms with Crippen molar-refractivity contribution in [3.63, 3.8) is 0 Å². The number of ketones is 1. The molecular formula is C57H98N10O13. The van der Waals surface area contributed by atoms with E-state index in [2.05, 4.69) is 64.9 Å². The number of nitrogens with one attached hydrogen (secondary N) is 7. The van der Waals surface area contributed by atoms with Crippen LogP contribution in [0.2, 0.25) is 0 Å². The fraction of sp³-hybridized carbons (Fsp3) is 0.825. The van der Waals surface area contributed by atoms with Crippen molar-refractivity contribution in [2.24, 2.45) is 68.8 Å². The molecule has 80 heavy (non-hydrogen) atoms. The summed E-state index contributed by atoms with van der Waals surface area (Å²) in [6.45, 7) is 35.1. The molecule has 0 aromatic heterocycles.